The summed E-state index contributed by atoms with van der Waals surface area (Å²) in [6, 6.07) is 7.55. The van der Waals surface area contributed by atoms with Gasteiger partial charge in [-0.3, -0.25) is 9.59 Å². The molecule has 2 amide bonds. The summed E-state index contributed by atoms with van der Waals surface area (Å²) < 4.78 is 5.84. The number of hydrogen-bond acceptors (Lipinski definition) is 3. The molecule has 5 heteroatoms. The summed E-state index contributed by atoms with van der Waals surface area (Å²) in [5, 5.41) is 4.04. The first-order chi connectivity index (χ1) is 11.6. The summed E-state index contributed by atoms with van der Waals surface area (Å²) in [7, 11) is 0. The van der Waals surface area contributed by atoms with Gasteiger partial charge < -0.3 is 14.6 Å². The highest BCUT2D eigenvalue weighted by Gasteiger charge is 2.40. The summed E-state index contributed by atoms with van der Waals surface area (Å²) >= 11 is 0. The van der Waals surface area contributed by atoms with E-state index in [1.165, 1.54) is 0 Å². The van der Waals surface area contributed by atoms with Crippen LogP contribution >= 0.6 is 0 Å². The molecule has 1 N–H and O–H groups in total. The van der Waals surface area contributed by atoms with Gasteiger partial charge in [-0.1, -0.05) is 18.2 Å². The molecule has 1 aromatic carbocycles. The quantitative estimate of drug-likeness (QED) is 0.940. The van der Waals surface area contributed by atoms with Gasteiger partial charge in [0.1, 0.15) is 17.4 Å². The predicted octanol–water partition coefficient (Wildman–Crippen LogP) is 2.76. The maximum atomic E-state index is 12.6. The van der Waals surface area contributed by atoms with Crippen LogP contribution in [0.4, 0.5) is 0 Å². The van der Waals surface area contributed by atoms with Crippen LogP contribution in [0.1, 0.15) is 37.0 Å². The van der Waals surface area contributed by atoms with Crippen molar-refractivity contribution in [2.45, 2.75) is 45.2 Å². The van der Waals surface area contributed by atoms with Gasteiger partial charge in [0, 0.05) is 23.4 Å². The van der Waals surface area contributed by atoms with E-state index in [0.717, 1.165) is 48.0 Å². The Morgan fingerprint density at radius 1 is 1.25 bits per heavy atom. The smallest absolute Gasteiger partial charge is 0.243 e. The van der Waals surface area contributed by atoms with Crippen LogP contribution in [0, 0.1) is 12.8 Å². The molecule has 2 heterocycles. The highest BCUT2D eigenvalue weighted by molar-refractivity contribution is 5.90. The van der Waals surface area contributed by atoms with Crippen molar-refractivity contribution in [1.82, 2.24) is 10.2 Å². The second-order valence-electron chi connectivity index (χ2n) is 6.83. The van der Waals surface area contributed by atoms with E-state index in [0.29, 0.717) is 13.1 Å². The normalized spacial score (nSPS) is 20.5. The number of furan rings is 1. The molecule has 24 heavy (non-hydrogen) atoms. The van der Waals surface area contributed by atoms with Crippen LogP contribution in [-0.2, 0) is 16.1 Å². The fourth-order valence-electron chi connectivity index (χ4n) is 3.55. The van der Waals surface area contributed by atoms with Gasteiger partial charge >= 0.3 is 0 Å². The van der Waals surface area contributed by atoms with Crippen LogP contribution in [0.15, 0.2) is 28.7 Å². The van der Waals surface area contributed by atoms with Gasteiger partial charge in [0.25, 0.3) is 0 Å². The van der Waals surface area contributed by atoms with E-state index in [-0.39, 0.29) is 23.8 Å². The molecule has 4 rings (SSSR count). The fourth-order valence-corrected chi connectivity index (χ4v) is 3.55. The molecule has 5 nitrogen and oxygen atoms in total. The average molecular weight is 326 g/mol. The predicted molar refractivity (Wildman–Crippen MR) is 90.3 cm³/mol. The summed E-state index contributed by atoms with van der Waals surface area (Å²) in [5.41, 5.74) is 1.90. The molecule has 1 saturated heterocycles. The monoisotopic (exact) mass is 326 g/mol. The van der Waals surface area contributed by atoms with E-state index in [9.17, 15) is 9.59 Å². The Morgan fingerprint density at radius 3 is 2.79 bits per heavy atom. The minimum absolute atomic E-state index is 0.0682. The number of nitrogens with zero attached hydrogens (tertiary/aromatic N) is 1. The Kier molecular flexibility index (Phi) is 3.79. The SMILES string of the molecule is Cc1c(CNC(=O)[C@H]2CCCN2C(=O)C2CC2)oc2ccccc12. The summed E-state index contributed by atoms with van der Waals surface area (Å²) in [5.74, 6) is 1.03. The zero-order valence-electron chi connectivity index (χ0n) is 13.9. The second-order valence-corrected chi connectivity index (χ2v) is 6.83. The minimum atomic E-state index is -0.317. The third-order valence-corrected chi connectivity index (χ3v) is 5.13. The Morgan fingerprint density at radius 2 is 2.04 bits per heavy atom. The van der Waals surface area contributed by atoms with E-state index in [1.807, 2.05) is 31.2 Å². The van der Waals surface area contributed by atoms with Crippen LogP contribution in [0.2, 0.25) is 0 Å². The molecule has 0 bridgehead atoms. The number of carbonyl (C=O) groups is 2. The third-order valence-electron chi connectivity index (χ3n) is 5.13. The van der Waals surface area contributed by atoms with Crippen molar-refractivity contribution in [3.63, 3.8) is 0 Å². The number of rotatable bonds is 4. The molecular weight excluding hydrogens is 304 g/mol. The largest absolute Gasteiger partial charge is 0.459 e. The lowest BCUT2D eigenvalue weighted by molar-refractivity contribution is -0.139. The average Bonchev–Trinajstić information content (AvgIpc) is 3.24. The van der Waals surface area contributed by atoms with E-state index < -0.39 is 0 Å². The minimum Gasteiger partial charge on any atom is -0.459 e. The number of hydrogen-bond donors (Lipinski definition) is 1. The molecule has 1 aromatic heterocycles. The number of aryl methyl sites for hydroxylation is 1. The lowest BCUT2D eigenvalue weighted by Gasteiger charge is -2.23. The van der Waals surface area contributed by atoms with Crippen LogP contribution in [0.25, 0.3) is 11.0 Å². The number of amides is 2. The Hall–Kier alpha value is -2.30. The van der Waals surface area contributed by atoms with Crippen molar-refractivity contribution in [3.05, 3.63) is 35.6 Å². The Balaban J connectivity index is 1.43. The molecule has 0 radical (unpaired) electrons. The van der Waals surface area contributed by atoms with Gasteiger partial charge in [0.15, 0.2) is 0 Å². The maximum absolute atomic E-state index is 12.6. The first-order valence-electron chi connectivity index (χ1n) is 8.70. The van der Waals surface area contributed by atoms with Gasteiger partial charge in [-0.25, -0.2) is 0 Å². The lowest BCUT2D eigenvalue weighted by Crippen LogP contribution is -2.46. The number of para-hydroxylation sites is 1. The molecule has 1 aliphatic carbocycles. The molecular formula is C19H22N2O3. The van der Waals surface area contributed by atoms with Crippen molar-refractivity contribution in [3.8, 4) is 0 Å². The highest BCUT2D eigenvalue weighted by atomic mass is 16.3. The van der Waals surface area contributed by atoms with Crippen molar-refractivity contribution >= 4 is 22.8 Å². The van der Waals surface area contributed by atoms with Crippen molar-refractivity contribution < 1.29 is 14.0 Å². The Labute approximate surface area is 141 Å². The fraction of sp³-hybridized carbons (Fsp3) is 0.474. The highest BCUT2D eigenvalue weighted by Crippen LogP contribution is 2.33. The zero-order chi connectivity index (χ0) is 16.7. The summed E-state index contributed by atoms with van der Waals surface area (Å²) in [6.45, 7) is 3.07. The van der Waals surface area contributed by atoms with Crippen LogP contribution in [0.5, 0.6) is 0 Å². The van der Waals surface area contributed by atoms with Crippen LogP contribution < -0.4 is 5.32 Å². The lowest BCUT2D eigenvalue weighted by atomic mass is 10.1. The van der Waals surface area contributed by atoms with Gasteiger partial charge in [0.05, 0.1) is 6.54 Å². The topological polar surface area (TPSA) is 62.6 Å². The number of benzene rings is 1. The van der Waals surface area contributed by atoms with E-state index in [4.69, 9.17) is 4.42 Å². The summed E-state index contributed by atoms with van der Waals surface area (Å²) in [4.78, 5) is 26.6. The van der Waals surface area contributed by atoms with Crippen LogP contribution in [-0.4, -0.2) is 29.3 Å². The Bertz CT molecular complexity index is 791. The van der Waals surface area contributed by atoms with E-state index >= 15 is 0 Å². The second kappa shape index (κ2) is 5.96. The number of likely N-dealkylation sites (tertiary alicyclic amines) is 1. The van der Waals surface area contributed by atoms with E-state index in [1.54, 1.807) is 4.90 Å². The number of carbonyl (C=O) groups excluding carboxylic acids is 2. The molecule has 1 atom stereocenters. The molecule has 2 aliphatic rings. The van der Waals surface area contributed by atoms with Gasteiger partial charge in [-0.05, 0) is 38.7 Å². The summed E-state index contributed by atoms with van der Waals surface area (Å²) in [6.07, 6.45) is 3.60. The maximum Gasteiger partial charge on any atom is 0.243 e. The standard InChI is InChI=1S/C19H22N2O3/c1-12-14-5-2-3-7-16(14)24-17(12)11-20-18(22)15-6-4-10-21(15)19(23)13-8-9-13/h2-3,5,7,13,15H,4,6,8-11H2,1H3,(H,20,22)/t15-/m1/s1. The zero-order valence-corrected chi connectivity index (χ0v) is 13.9. The molecule has 1 aliphatic heterocycles. The first kappa shape index (κ1) is 15.2. The molecule has 2 aromatic rings. The van der Waals surface area contributed by atoms with Crippen molar-refractivity contribution in [1.29, 1.82) is 0 Å². The van der Waals surface area contributed by atoms with Crippen molar-refractivity contribution in [2.24, 2.45) is 5.92 Å². The molecule has 2 fully saturated rings. The number of nitrogens with one attached hydrogen (secondary N) is 1. The molecule has 126 valence electrons. The van der Waals surface area contributed by atoms with Gasteiger partial charge in [-0.15, -0.1) is 0 Å². The molecule has 0 unspecified atom stereocenters. The van der Waals surface area contributed by atoms with E-state index in [2.05, 4.69) is 5.32 Å². The third kappa shape index (κ3) is 2.68. The van der Waals surface area contributed by atoms with Crippen LogP contribution in [0.3, 0.4) is 0 Å². The number of fused-ring (bicyclic) bond motifs is 1. The van der Waals surface area contributed by atoms with Gasteiger partial charge in [0.2, 0.25) is 11.8 Å². The molecule has 0 spiro atoms. The van der Waals surface area contributed by atoms with Crippen molar-refractivity contribution in [2.75, 3.05) is 6.54 Å². The molecule has 1 saturated carbocycles. The van der Waals surface area contributed by atoms with Gasteiger partial charge in [-0.2, -0.15) is 0 Å². The first-order valence-corrected chi connectivity index (χ1v) is 8.70.